The maximum Gasteiger partial charge on any atom is 0.227 e. The van der Waals surface area contributed by atoms with Crippen LogP contribution in [0, 0.1) is 0 Å². The molecule has 0 unspecified atom stereocenters. The van der Waals surface area contributed by atoms with Gasteiger partial charge in [-0.25, -0.2) is 4.98 Å². The standard InChI is InChI=1S/C25H26N6O/c1-30-16-19(21-14-20(32-2)4-6-23(21)30)9-12-31(25-28-11-8-24(26)29-25)15-17-3-5-22-18(13-17)7-10-27-22/h3-8,10-11,13-14,16,27H,9,12,15H2,1-2H3,(H2,26,28,29). The topological polar surface area (TPSA) is 85.0 Å². The fraction of sp³-hybridized carbons (Fsp3) is 0.200. The van der Waals surface area contributed by atoms with Gasteiger partial charge in [0.25, 0.3) is 0 Å². The normalized spacial score (nSPS) is 11.3. The fourth-order valence-electron chi connectivity index (χ4n) is 4.22. The summed E-state index contributed by atoms with van der Waals surface area (Å²) >= 11 is 0. The Morgan fingerprint density at radius 3 is 2.88 bits per heavy atom. The van der Waals surface area contributed by atoms with Crippen LogP contribution in [-0.2, 0) is 20.0 Å². The molecule has 0 bridgehead atoms. The summed E-state index contributed by atoms with van der Waals surface area (Å²) in [7, 11) is 3.77. The van der Waals surface area contributed by atoms with E-state index in [2.05, 4.69) is 74.1 Å². The summed E-state index contributed by atoms with van der Waals surface area (Å²) in [6, 6.07) is 16.5. The van der Waals surface area contributed by atoms with Crippen molar-refractivity contribution in [2.45, 2.75) is 13.0 Å². The Hall–Kier alpha value is -4.00. The summed E-state index contributed by atoms with van der Waals surface area (Å²) in [5.74, 6) is 1.97. The van der Waals surface area contributed by atoms with Gasteiger partial charge >= 0.3 is 0 Å². The third kappa shape index (κ3) is 3.85. The first-order valence-electron chi connectivity index (χ1n) is 10.6. The van der Waals surface area contributed by atoms with E-state index in [9.17, 15) is 0 Å². The summed E-state index contributed by atoms with van der Waals surface area (Å²) < 4.78 is 7.60. The van der Waals surface area contributed by atoms with Gasteiger partial charge in [-0.15, -0.1) is 0 Å². The highest BCUT2D eigenvalue weighted by Gasteiger charge is 2.14. The van der Waals surface area contributed by atoms with Crippen molar-refractivity contribution < 1.29 is 4.74 Å². The molecule has 0 fully saturated rings. The summed E-state index contributed by atoms with van der Waals surface area (Å²) in [6.07, 6.45) is 6.70. The van der Waals surface area contributed by atoms with Crippen LogP contribution in [0.3, 0.4) is 0 Å². The lowest BCUT2D eigenvalue weighted by Crippen LogP contribution is -2.27. The van der Waals surface area contributed by atoms with Gasteiger partial charge in [0.15, 0.2) is 0 Å². The van der Waals surface area contributed by atoms with Crippen LogP contribution in [0.2, 0.25) is 0 Å². The number of aromatic nitrogens is 4. The van der Waals surface area contributed by atoms with Gasteiger partial charge in [-0.05, 0) is 65.4 Å². The van der Waals surface area contributed by atoms with E-state index in [4.69, 9.17) is 10.5 Å². The zero-order valence-electron chi connectivity index (χ0n) is 18.2. The van der Waals surface area contributed by atoms with Crippen LogP contribution < -0.4 is 15.4 Å². The number of fused-ring (bicyclic) bond motifs is 2. The average Bonchev–Trinajstić information content (AvgIpc) is 3.40. The predicted molar refractivity (Wildman–Crippen MR) is 129 cm³/mol. The lowest BCUT2D eigenvalue weighted by molar-refractivity contribution is 0.415. The quantitative estimate of drug-likeness (QED) is 0.406. The number of aromatic amines is 1. The Kier molecular flexibility index (Phi) is 5.15. The molecule has 2 aromatic carbocycles. The van der Waals surface area contributed by atoms with E-state index in [1.54, 1.807) is 19.4 Å². The van der Waals surface area contributed by atoms with E-state index in [1.165, 1.54) is 27.4 Å². The average molecular weight is 427 g/mol. The first-order valence-corrected chi connectivity index (χ1v) is 10.6. The Morgan fingerprint density at radius 1 is 1.12 bits per heavy atom. The molecule has 0 radical (unpaired) electrons. The van der Waals surface area contributed by atoms with Gasteiger partial charge < -0.3 is 24.9 Å². The highest BCUT2D eigenvalue weighted by molar-refractivity contribution is 5.85. The SMILES string of the molecule is COc1ccc2c(c1)c(CCN(Cc1ccc3[nH]ccc3c1)c1nccc(N)n1)cn2C. The highest BCUT2D eigenvalue weighted by Crippen LogP contribution is 2.27. The third-order valence-corrected chi connectivity index (χ3v) is 5.87. The van der Waals surface area contributed by atoms with Crippen LogP contribution in [0.5, 0.6) is 5.75 Å². The molecule has 0 saturated carbocycles. The van der Waals surface area contributed by atoms with E-state index < -0.39 is 0 Å². The molecule has 7 heteroatoms. The summed E-state index contributed by atoms with van der Waals surface area (Å²) in [4.78, 5) is 14.4. The summed E-state index contributed by atoms with van der Waals surface area (Å²) in [5, 5.41) is 2.39. The fourth-order valence-corrected chi connectivity index (χ4v) is 4.22. The molecule has 5 aromatic rings. The van der Waals surface area contributed by atoms with Gasteiger partial charge in [-0.2, -0.15) is 4.98 Å². The number of nitrogens with two attached hydrogens (primary N) is 1. The van der Waals surface area contributed by atoms with E-state index in [1.807, 2.05) is 12.3 Å². The molecule has 5 rings (SSSR count). The molecule has 3 aromatic heterocycles. The number of benzene rings is 2. The van der Waals surface area contributed by atoms with Crippen molar-refractivity contribution >= 4 is 33.6 Å². The Labute approximate surface area is 186 Å². The predicted octanol–water partition coefficient (Wildman–Crippen LogP) is 4.29. The molecule has 0 amide bonds. The van der Waals surface area contributed by atoms with E-state index in [0.29, 0.717) is 18.3 Å². The number of nitrogen functional groups attached to an aromatic ring is 1. The smallest absolute Gasteiger partial charge is 0.227 e. The van der Waals surface area contributed by atoms with E-state index in [0.717, 1.165) is 24.2 Å². The van der Waals surface area contributed by atoms with Crippen LogP contribution in [-0.4, -0.2) is 33.2 Å². The van der Waals surface area contributed by atoms with Gasteiger partial charge in [0.2, 0.25) is 5.95 Å². The number of nitrogens with one attached hydrogen (secondary N) is 1. The van der Waals surface area contributed by atoms with Crippen molar-refractivity contribution in [3.8, 4) is 5.75 Å². The molecule has 0 aliphatic rings. The second-order valence-electron chi connectivity index (χ2n) is 8.00. The Balaban J connectivity index is 1.45. The molecule has 0 saturated heterocycles. The minimum atomic E-state index is 0.469. The van der Waals surface area contributed by atoms with Gasteiger partial charge in [-0.3, -0.25) is 0 Å². The van der Waals surface area contributed by atoms with Crippen LogP contribution >= 0.6 is 0 Å². The molecule has 0 atom stereocenters. The van der Waals surface area contributed by atoms with Gasteiger partial charge in [-0.1, -0.05) is 6.07 Å². The number of aryl methyl sites for hydroxylation is 1. The number of rotatable bonds is 7. The zero-order chi connectivity index (χ0) is 22.1. The molecule has 162 valence electrons. The van der Waals surface area contributed by atoms with E-state index >= 15 is 0 Å². The lowest BCUT2D eigenvalue weighted by atomic mass is 10.1. The first-order chi connectivity index (χ1) is 15.6. The van der Waals surface area contributed by atoms with Gasteiger partial charge in [0, 0.05) is 55.1 Å². The maximum atomic E-state index is 5.97. The molecule has 3 N–H and O–H groups in total. The molecular formula is C25H26N6O. The van der Waals surface area contributed by atoms with Crippen LogP contribution in [0.4, 0.5) is 11.8 Å². The van der Waals surface area contributed by atoms with Crippen LogP contribution in [0.1, 0.15) is 11.1 Å². The minimum Gasteiger partial charge on any atom is -0.497 e. The number of H-pyrrole nitrogens is 1. The van der Waals surface area contributed by atoms with Crippen molar-refractivity contribution in [3.63, 3.8) is 0 Å². The third-order valence-electron chi connectivity index (χ3n) is 5.87. The highest BCUT2D eigenvalue weighted by atomic mass is 16.5. The van der Waals surface area contributed by atoms with Crippen molar-refractivity contribution in [2.24, 2.45) is 7.05 Å². The number of ether oxygens (including phenoxy) is 1. The van der Waals surface area contributed by atoms with Crippen LogP contribution in [0.25, 0.3) is 21.8 Å². The molecule has 3 heterocycles. The maximum absolute atomic E-state index is 5.97. The number of hydrogen-bond acceptors (Lipinski definition) is 5. The number of anilines is 2. The molecular weight excluding hydrogens is 400 g/mol. The van der Waals surface area contributed by atoms with Crippen molar-refractivity contribution in [2.75, 3.05) is 24.3 Å². The Bertz CT molecular complexity index is 1390. The van der Waals surface area contributed by atoms with Crippen molar-refractivity contribution in [1.29, 1.82) is 0 Å². The number of hydrogen-bond donors (Lipinski definition) is 2. The monoisotopic (exact) mass is 426 g/mol. The second-order valence-corrected chi connectivity index (χ2v) is 8.00. The molecule has 0 aliphatic heterocycles. The second kappa shape index (κ2) is 8.26. The van der Waals surface area contributed by atoms with Crippen LogP contribution in [0.15, 0.2) is 67.1 Å². The Morgan fingerprint density at radius 2 is 2.03 bits per heavy atom. The lowest BCUT2D eigenvalue weighted by Gasteiger charge is -2.23. The minimum absolute atomic E-state index is 0.469. The van der Waals surface area contributed by atoms with Gasteiger partial charge in [0.1, 0.15) is 11.6 Å². The molecule has 0 aliphatic carbocycles. The molecule has 0 spiro atoms. The zero-order valence-corrected chi connectivity index (χ0v) is 18.2. The van der Waals surface area contributed by atoms with E-state index in [-0.39, 0.29) is 0 Å². The number of nitrogens with zero attached hydrogens (tertiary/aromatic N) is 4. The summed E-state index contributed by atoms with van der Waals surface area (Å²) in [5.41, 5.74) is 10.7. The van der Waals surface area contributed by atoms with Gasteiger partial charge in [0.05, 0.1) is 7.11 Å². The first kappa shape index (κ1) is 19.9. The van der Waals surface area contributed by atoms with Crippen molar-refractivity contribution in [3.05, 3.63) is 78.2 Å². The molecule has 32 heavy (non-hydrogen) atoms. The molecule has 7 nitrogen and oxygen atoms in total. The summed E-state index contributed by atoms with van der Waals surface area (Å²) in [6.45, 7) is 1.45. The van der Waals surface area contributed by atoms with Crippen molar-refractivity contribution in [1.82, 2.24) is 19.5 Å². The number of methoxy groups -OCH3 is 1. The largest absolute Gasteiger partial charge is 0.497 e.